The molecule has 0 saturated carbocycles. The maximum absolute atomic E-state index is 11.1. The number of rotatable bonds is 6. The Kier molecular flexibility index (Phi) is 4.70. The van der Waals surface area contributed by atoms with Gasteiger partial charge in [0.05, 0.1) is 5.03 Å². The quantitative estimate of drug-likeness (QED) is 0.448. The molecule has 90 valence electrons. The zero-order valence-corrected chi connectivity index (χ0v) is 9.73. The molecule has 0 amide bonds. The lowest BCUT2D eigenvalue weighted by atomic mass is 10.1. The molecule has 1 rings (SSSR count). The van der Waals surface area contributed by atoms with Gasteiger partial charge < -0.3 is 15.9 Å². The van der Waals surface area contributed by atoms with E-state index in [0.717, 1.165) is 6.42 Å². The number of hydrogen-bond donors (Lipinski definition) is 4. The number of thiol groups is 1. The van der Waals surface area contributed by atoms with Crippen LogP contribution in [-0.4, -0.2) is 27.3 Å². The summed E-state index contributed by atoms with van der Waals surface area (Å²) in [6, 6.07) is 2.22. The van der Waals surface area contributed by atoms with E-state index in [1.807, 2.05) is 0 Å². The largest absolute Gasteiger partial charge is 0.494 e. The van der Waals surface area contributed by atoms with Crippen LogP contribution in [0.1, 0.15) is 25.3 Å². The Labute approximate surface area is 99.3 Å². The maximum Gasteiger partial charge on any atom is 0.326 e. The minimum Gasteiger partial charge on any atom is -0.494 e. The lowest BCUT2D eigenvalue weighted by molar-refractivity contribution is -0.141. The Hall–Kier alpha value is -1.14. The van der Waals surface area contributed by atoms with Gasteiger partial charge in [-0.1, -0.05) is 0 Å². The van der Waals surface area contributed by atoms with Crippen molar-refractivity contribution in [2.75, 3.05) is 6.54 Å². The highest BCUT2D eigenvalue weighted by Crippen LogP contribution is 2.27. The fraction of sp³-hybridized carbons (Fsp3) is 0.500. The third-order valence-electron chi connectivity index (χ3n) is 2.40. The molecule has 1 heterocycles. The van der Waals surface area contributed by atoms with Crippen LogP contribution >= 0.6 is 12.6 Å². The molecule has 6 heteroatoms. The monoisotopic (exact) mass is 244 g/mol. The van der Waals surface area contributed by atoms with Crippen LogP contribution < -0.4 is 5.73 Å². The number of unbranched alkanes of at least 4 members (excludes halogenated alkanes) is 1. The summed E-state index contributed by atoms with van der Waals surface area (Å²) in [5.41, 5.74) is 5.35. The first-order chi connectivity index (χ1) is 7.57. The highest BCUT2D eigenvalue weighted by molar-refractivity contribution is 7.80. The summed E-state index contributed by atoms with van der Waals surface area (Å²) in [5.74, 6) is -1.05. The predicted molar refractivity (Wildman–Crippen MR) is 62.9 cm³/mol. The van der Waals surface area contributed by atoms with E-state index in [1.54, 1.807) is 6.07 Å². The molecule has 1 aromatic heterocycles. The molecule has 0 fully saturated rings. The number of carboxylic acids is 1. The molecule has 0 unspecified atom stereocenters. The fourth-order valence-electron chi connectivity index (χ4n) is 1.59. The van der Waals surface area contributed by atoms with E-state index in [4.69, 9.17) is 10.8 Å². The van der Waals surface area contributed by atoms with Crippen molar-refractivity contribution in [2.24, 2.45) is 5.73 Å². The van der Waals surface area contributed by atoms with Gasteiger partial charge in [0, 0.05) is 6.07 Å². The summed E-state index contributed by atoms with van der Waals surface area (Å²) in [7, 11) is 0. The summed E-state index contributed by atoms with van der Waals surface area (Å²) in [6.07, 6.45) is 1.91. The smallest absolute Gasteiger partial charge is 0.326 e. The highest BCUT2D eigenvalue weighted by atomic mass is 32.1. The number of nitrogens with zero attached hydrogens (tertiary/aromatic N) is 1. The van der Waals surface area contributed by atoms with Crippen LogP contribution in [0.15, 0.2) is 17.2 Å². The Morgan fingerprint density at radius 3 is 2.62 bits per heavy atom. The van der Waals surface area contributed by atoms with E-state index in [-0.39, 0.29) is 5.88 Å². The van der Waals surface area contributed by atoms with Crippen molar-refractivity contribution in [3.63, 3.8) is 0 Å². The van der Waals surface area contributed by atoms with E-state index in [2.05, 4.69) is 12.6 Å². The van der Waals surface area contributed by atoms with Gasteiger partial charge in [-0.3, -0.25) is 4.57 Å². The standard InChI is InChI=1S/C10H16N2O3S/c11-6-2-1-3-7(10(14)15)12-8(13)4-5-9(12)16/h4-5,7,13,16H,1-3,6,11H2,(H,14,15)/t7-/m0/s1. The van der Waals surface area contributed by atoms with Crippen molar-refractivity contribution in [2.45, 2.75) is 30.3 Å². The predicted octanol–water partition coefficient (Wildman–Crippen LogP) is 1.24. The first-order valence-electron chi connectivity index (χ1n) is 5.10. The highest BCUT2D eigenvalue weighted by Gasteiger charge is 2.22. The molecule has 4 N–H and O–H groups in total. The maximum atomic E-state index is 11.1. The Balaban J connectivity index is 2.81. The summed E-state index contributed by atoms with van der Waals surface area (Å²) in [6.45, 7) is 0.539. The van der Waals surface area contributed by atoms with E-state index >= 15 is 0 Å². The van der Waals surface area contributed by atoms with Gasteiger partial charge in [0.2, 0.25) is 0 Å². The first kappa shape index (κ1) is 12.9. The van der Waals surface area contributed by atoms with Crippen LogP contribution in [0.3, 0.4) is 0 Å². The Morgan fingerprint density at radius 1 is 1.50 bits per heavy atom. The van der Waals surface area contributed by atoms with Crippen molar-refractivity contribution in [1.29, 1.82) is 0 Å². The SMILES string of the molecule is NCCCC[C@@H](C(=O)O)n1c(O)ccc1S. The van der Waals surface area contributed by atoms with Crippen molar-refractivity contribution < 1.29 is 15.0 Å². The number of hydrogen-bond acceptors (Lipinski definition) is 4. The molecule has 0 radical (unpaired) electrons. The van der Waals surface area contributed by atoms with Crippen molar-refractivity contribution >= 4 is 18.6 Å². The molecule has 1 atom stereocenters. The van der Waals surface area contributed by atoms with E-state index < -0.39 is 12.0 Å². The number of carbonyl (C=O) groups is 1. The number of aliphatic carboxylic acids is 1. The molecule has 1 aromatic rings. The van der Waals surface area contributed by atoms with Gasteiger partial charge in [-0.05, 0) is 31.9 Å². The minimum absolute atomic E-state index is 0.0786. The molecule has 0 aliphatic carbocycles. The lowest BCUT2D eigenvalue weighted by Gasteiger charge is -2.16. The van der Waals surface area contributed by atoms with Gasteiger partial charge in [0.15, 0.2) is 5.88 Å². The summed E-state index contributed by atoms with van der Waals surface area (Å²) in [5, 5.41) is 19.1. The summed E-state index contributed by atoms with van der Waals surface area (Å²) >= 11 is 4.11. The molecule has 0 saturated heterocycles. The van der Waals surface area contributed by atoms with Crippen molar-refractivity contribution in [3.05, 3.63) is 12.1 Å². The number of nitrogens with two attached hydrogens (primary N) is 1. The average molecular weight is 244 g/mol. The van der Waals surface area contributed by atoms with Gasteiger partial charge in [-0.2, -0.15) is 0 Å². The Bertz CT molecular complexity index is 345. The number of carboxylic acid groups (broad SMARTS) is 1. The molecule has 0 aliphatic rings. The molecule has 0 aliphatic heterocycles. The molecule has 16 heavy (non-hydrogen) atoms. The molecular weight excluding hydrogens is 228 g/mol. The van der Waals surface area contributed by atoms with E-state index in [0.29, 0.717) is 24.4 Å². The van der Waals surface area contributed by atoms with Gasteiger partial charge in [-0.25, -0.2) is 4.79 Å². The first-order valence-corrected chi connectivity index (χ1v) is 5.54. The molecule has 0 bridgehead atoms. The van der Waals surface area contributed by atoms with Gasteiger partial charge in [0.1, 0.15) is 6.04 Å². The third kappa shape index (κ3) is 2.93. The normalized spacial score (nSPS) is 12.6. The van der Waals surface area contributed by atoms with Crippen LogP contribution in [0.4, 0.5) is 0 Å². The second-order valence-corrected chi connectivity index (χ2v) is 4.02. The second-order valence-electron chi connectivity index (χ2n) is 3.56. The zero-order valence-electron chi connectivity index (χ0n) is 8.83. The minimum atomic E-state index is -0.973. The molecule has 0 spiro atoms. The van der Waals surface area contributed by atoms with Crippen LogP contribution in [0.2, 0.25) is 0 Å². The number of aromatic hydroxyl groups is 1. The zero-order chi connectivity index (χ0) is 12.1. The molecule has 5 nitrogen and oxygen atoms in total. The average Bonchev–Trinajstić information content (AvgIpc) is 2.54. The fourth-order valence-corrected chi connectivity index (χ4v) is 1.91. The third-order valence-corrected chi connectivity index (χ3v) is 2.77. The van der Waals surface area contributed by atoms with Gasteiger partial charge >= 0.3 is 5.97 Å². The van der Waals surface area contributed by atoms with Crippen LogP contribution in [-0.2, 0) is 4.79 Å². The van der Waals surface area contributed by atoms with Crippen molar-refractivity contribution in [3.8, 4) is 5.88 Å². The Morgan fingerprint density at radius 2 is 2.19 bits per heavy atom. The summed E-state index contributed by atoms with van der Waals surface area (Å²) in [4.78, 5) is 11.1. The van der Waals surface area contributed by atoms with E-state index in [1.165, 1.54) is 10.6 Å². The van der Waals surface area contributed by atoms with Crippen LogP contribution in [0, 0.1) is 0 Å². The van der Waals surface area contributed by atoms with Crippen LogP contribution in [0.25, 0.3) is 0 Å². The molecular formula is C10H16N2O3S. The topological polar surface area (TPSA) is 88.5 Å². The second kappa shape index (κ2) is 5.81. The van der Waals surface area contributed by atoms with E-state index in [9.17, 15) is 9.90 Å². The lowest BCUT2D eigenvalue weighted by Crippen LogP contribution is -2.19. The van der Waals surface area contributed by atoms with Gasteiger partial charge in [0.25, 0.3) is 0 Å². The summed E-state index contributed by atoms with van der Waals surface area (Å²) < 4.78 is 1.31. The van der Waals surface area contributed by atoms with Gasteiger partial charge in [-0.15, -0.1) is 12.6 Å². The molecule has 0 aromatic carbocycles. The number of aromatic nitrogens is 1. The van der Waals surface area contributed by atoms with Crippen LogP contribution in [0.5, 0.6) is 5.88 Å². The van der Waals surface area contributed by atoms with Crippen molar-refractivity contribution in [1.82, 2.24) is 4.57 Å².